The Labute approximate surface area is 196 Å². The average Bonchev–Trinajstić information content (AvgIpc) is 3.16. The topological polar surface area (TPSA) is 75.3 Å². The van der Waals surface area contributed by atoms with Gasteiger partial charge in [-0.15, -0.1) is 0 Å². The Hall–Kier alpha value is -3.13. The summed E-state index contributed by atoms with van der Waals surface area (Å²) in [5.41, 5.74) is 0.461. The summed E-state index contributed by atoms with van der Waals surface area (Å²) in [5.74, 6) is -0.778. The zero-order chi connectivity index (χ0) is 24.3. The van der Waals surface area contributed by atoms with Gasteiger partial charge in [0.15, 0.2) is 0 Å². The lowest BCUT2D eigenvalue weighted by Gasteiger charge is -2.25. The van der Waals surface area contributed by atoms with E-state index in [1.807, 2.05) is 6.92 Å². The Balaban J connectivity index is 2.16. The quantitative estimate of drug-likeness (QED) is 0.440. The third-order valence-corrected chi connectivity index (χ3v) is 5.15. The molecule has 0 N–H and O–H groups in total. The number of carbonyl (C=O) groups is 1. The molecule has 7 nitrogen and oxygen atoms in total. The molecule has 2 heterocycles. The summed E-state index contributed by atoms with van der Waals surface area (Å²) in [5, 5.41) is 0.429. The number of hydrogen-bond acceptors (Lipinski definition) is 5. The highest BCUT2D eigenvalue weighted by Crippen LogP contribution is 2.35. The Bertz CT molecular complexity index is 1210. The van der Waals surface area contributed by atoms with Gasteiger partial charge in [0.05, 0.1) is 25.2 Å². The Morgan fingerprint density at radius 2 is 1.94 bits per heavy atom. The van der Waals surface area contributed by atoms with E-state index in [-0.39, 0.29) is 0 Å². The minimum absolute atomic E-state index is 0.350. The summed E-state index contributed by atoms with van der Waals surface area (Å²) < 4.78 is 27.5. The first-order valence-electron chi connectivity index (χ1n) is 10.6. The first kappa shape index (κ1) is 24.5. The van der Waals surface area contributed by atoms with E-state index in [0.29, 0.717) is 40.4 Å². The van der Waals surface area contributed by atoms with Crippen molar-refractivity contribution >= 4 is 17.6 Å². The second kappa shape index (κ2) is 9.79. The van der Waals surface area contributed by atoms with E-state index in [2.05, 4.69) is 4.98 Å². The summed E-state index contributed by atoms with van der Waals surface area (Å²) in [4.78, 5) is 29.7. The van der Waals surface area contributed by atoms with Crippen molar-refractivity contribution in [3.05, 3.63) is 64.3 Å². The maximum absolute atomic E-state index is 13.6. The largest absolute Gasteiger partial charge is 0.495 e. The number of imidazole rings is 1. The van der Waals surface area contributed by atoms with Crippen molar-refractivity contribution in [2.24, 2.45) is 0 Å². The molecule has 0 amide bonds. The highest BCUT2D eigenvalue weighted by molar-refractivity contribution is 6.31. The van der Waals surface area contributed by atoms with Crippen LogP contribution in [0.25, 0.3) is 16.8 Å². The standard InChI is InChI=1S/C24H27ClFN3O4/c1-6-7-19(23(31)33-24(2,3)4)29-12-20(32-5)17(11-22(29)30)16-10-15(25)8-9-18(16)28-13-21(26)27-14-28/h8-14,19H,6-7H2,1-5H3. The normalized spacial score (nSPS) is 12.5. The van der Waals surface area contributed by atoms with E-state index in [4.69, 9.17) is 21.1 Å². The Morgan fingerprint density at radius 1 is 1.21 bits per heavy atom. The molecule has 0 fully saturated rings. The molecular weight excluding hydrogens is 449 g/mol. The molecule has 1 atom stereocenters. The number of carbonyl (C=O) groups excluding carboxylic acids is 1. The van der Waals surface area contributed by atoms with Gasteiger partial charge in [0.2, 0.25) is 5.95 Å². The van der Waals surface area contributed by atoms with Crippen molar-refractivity contribution in [3.63, 3.8) is 0 Å². The van der Waals surface area contributed by atoms with Gasteiger partial charge in [-0.2, -0.15) is 4.39 Å². The molecular formula is C24H27ClFN3O4. The molecule has 9 heteroatoms. The predicted molar refractivity (Wildman–Crippen MR) is 125 cm³/mol. The van der Waals surface area contributed by atoms with Crippen molar-refractivity contribution in [1.29, 1.82) is 0 Å². The maximum atomic E-state index is 13.6. The van der Waals surface area contributed by atoms with Crippen molar-refractivity contribution in [3.8, 4) is 22.6 Å². The van der Waals surface area contributed by atoms with E-state index in [1.54, 1.807) is 39.0 Å². The second-order valence-electron chi connectivity index (χ2n) is 8.60. The van der Waals surface area contributed by atoms with Crippen LogP contribution in [0, 0.1) is 5.95 Å². The summed E-state index contributed by atoms with van der Waals surface area (Å²) in [6.07, 6.45) is 5.15. The Morgan fingerprint density at radius 3 is 2.52 bits per heavy atom. The molecule has 1 aromatic carbocycles. The van der Waals surface area contributed by atoms with Crippen LogP contribution in [0.1, 0.15) is 46.6 Å². The van der Waals surface area contributed by atoms with Gasteiger partial charge in [0.1, 0.15) is 23.7 Å². The number of benzene rings is 1. The maximum Gasteiger partial charge on any atom is 0.329 e. The molecule has 3 rings (SSSR count). The first-order chi connectivity index (χ1) is 15.5. The van der Waals surface area contributed by atoms with Crippen LogP contribution in [-0.2, 0) is 9.53 Å². The monoisotopic (exact) mass is 475 g/mol. The van der Waals surface area contributed by atoms with Gasteiger partial charge >= 0.3 is 5.97 Å². The van der Waals surface area contributed by atoms with Crippen LogP contribution in [0.3, 0.4) is 0 Å². The molecule has 0 bridgehead atoms. The molecule has 0 radical (unpaired) electrons. The minimum Gasteiger partial charge on any atom is -0.495 e. The highest BCUT2D eigenvalue weighted by Gasteiger charge is 2.28. The molecule has 1 unspecified atom stereocenters. The van der Waals surface area contributed by atoms with E-state index >= 15 is 0 Å². The van der Waals surface area contributed by atoms with Crippen LogP contribution in [-0.4, -0.2) is 32.8 Å². The molecule has 0 spiro atoms. The molecule has 0 aliphatic rings. The van der Waals surface area contributed by atoms with Crippen LogP contribution >= 0.6 is 11.6 Å². The van der Waals surface area contributed by atoms with E-state index in [9.17, 15) is 14.0 Å². The molecule has 176 valence electrons. The van der Waals surface area contributed by atoms with Crippen molar-refractivity contribution < 1.29 is 18.7 Å². The summed E-state index contributed by atoms with van der Waals surface area (Å²) in [7, 11) is 1.47. The van der Waals surface area contributed by atoms with E-state index in [1.165, 1.54) is 41.0 Å². The zero-order valence-corrected chi connectivity index (χ0v) is 20.0. The molecule has 0 aliphatic heterocycles. The van der Waals surface area contributed by atoms with Crippen molar-refractivity contribution in [2.45, 2.75) is 52.2 Å². The van der Waals surface area contributed by atoms with Crippen LogP contribution in [0.15, 0.2) is 47.8 Å². The third kappa shape index (κ3) is 5.63. The summed E-state index contributed by atoms with van der Waals surface area (Å²) in [6, 6.07) is 5.60. The van der Waals surface area contributed by atoms with E-state index in [0.717, 1.165) is 0 Å². The van der Waals surface area contributed by atoms with Gasteiger partial charge in [-0.3, -0.25) is 9.36 Å². The lowest BCUT2D eigenvalue weighted by atomic mass is 10.0. The SMILES string of the molecule is CCCC(C(=O)OC(C)(C)C)n1cc(OC)c(-c2cc(Cl)ccc2-n2cnc(F)c2)cc1=O. The number of esters is 1. The third-order valence-electron chi connectivity index (χ3n) is 4.92. The first-order valence-corrected chi connectivity index (χ1v) is 10.9. The van der Waals surface area contributed by atoms with Crippen LogP contribution < -0.4 is 10.3 Å². The summed E-state index contributed by atoms with van der Waals surface area (Å²) in [6.45, 7) is 7.26. The molecule has 3 aromatic rings. The molecule has 0 saturated carbocycles. The smallest absolute Gasteiger partial charge is 0.329 e. The molecule has 33 heavy (non-hydrogen) atoms. The average molecular weight is 476 g/mol. The van der Waals surface area contributed by atoms with Gasteiger partial charge in [-0.25, -0.2) is 9.78 Å². The lowest BCUT2D eigenvalue weighted by molar-refractivity contribution is -0.159. The number of halogens is 2. The Kier molecular flexibility index (Phi) is 7.27. The lowest BCUT2D eigenvalue weighted by Crippen LogP contribution is -2.34. The number of methoxy groups -OCH3 is 1. The number of rotatable bonds is 7. The van der Waals surface area contributed by atoms with Crippen LogP contribution in [0.4, 0.5) is 4.39 Å². The molecule has 2 aromatic heterocycles. The molecule has 0 saturated heterocycles. The van der Waals surface area contributed by atoms with Gasteiger partial charge in [-0.1, -0.05) is 24.9 Å². The fourth-order valence-corrected chi connectivity index (χ4v) is 3.71. The molecule has 0 aliphatic carbocycles. The number of hydrogen-bond donors (Lipinski definition) is 0. The number of pyridine rings is 1. The fraction of sp³-hybridized carbons (Fsp3) is 0.375. The van der Waals surface area contributed by atoms with Gasteiger partial charge in [-0.05, 0) is 45.4 Å². The minimum atomic E-state index is -0.800. The van der Waals surface area contributed by atoms with Crippen molar-refractivity contribution in [1.82, 2.24) is 14.1 Å². The number of nitrogens with zero attached hydrogens (tertiary/aromatic N) is 3. The van der Waals surface area contributed by atoms with Gasteiger partial charge in [0, 0.05) is 22.2 Å². The number of ether oxygens (including phenoxy) is 2. The van der Waals surface area contributed by atoms with Gasteiger partial charge in [0.25, 0.3) is 5.56 Å². The summed E-state index contributed by atoms with van der Waals surface area (Å²) >= 11 is 6.24. The van der Waals surface area contributed by atoms with E-state index < -0.39 is 29.1 Å². The number of aromatic nitrogens is 3. The van der Waals surface area contributed by atoms with Crippen LogP contribution in [0.5, 0.6) is 5.75 Å². The highest BCUT2D eigenvalue weighted by atomic mass is 35.5. The van der Waals surface area contributed by atoms with Gasteiger partial charge < -0.3 is 14.0 Å². The predicted octanol–water partition coefficient (Wildman–Crippen LogP) is 5.19. The zero-order valence-electron chi connectivity index (χ0n) is 19.3. The van der Waals surface area contributed by atoms with Crippen molar-refractivity contribution in [2.75, 3.05) is 7.11 Å². The fourth-order valence-electron chi connectivity index (χ4n) is 3.54. The van der Waals surface area contributed by atoms with Crippen LogP contribution in [0.2, 0.25) is 5.02 Å². The second-order valence-corrected chi connectivity index (χ2v) is 9.04.